The molecule has 1 aliphatic heterocycles. The highest BCUT2D eigenvalue weighted by Gasteiger charge is 2.40. The van der Waals surface area contributed by atoms with Crippen molar-refractivity contribution in [1.82, 2.24) is 10.2 Å². The summed E-state index contributed by atoms with van der Waals surface area (Å²) in [4.78, 5) is 2.51. The van der Waals surface area contributed by atoms with Crippen LogP contribution in [0.4, 0.5) is 0 Å². The van der Waals surface area contributed by atoms with Crippen LogP contribution in [-0.4, -0.2) is 48.3 Å². The lowest BCUT2D eigenvalue weighted by molar-refractivity contribution is -0.0318. The van der Waals surface area contributed by atoms with Crippen molar-refractivity contribution in [3.05, 3.63) is 34.3 Å². The Morgan fingerprint density at radius 3 is 2.50 bits per heavy atom. The molecule has 122 valence electrons. The van der Waals surface area contributed by atoms with E-state index in [0.717, 1.165) is 62.9 Å². The Kier molecular flexibility index (Phi) is 5.55. The first-order valence-corrected chi connectivity index (χ1v) is 9.38. The molecule has 1 aromatic rings. The first kappa shape index (κ1) is 16.4. The largest absolute Gasteiger partial charge is 0.389 e. The maximum absolute atomic E-state index is 11.4. The highest BCUT2D eigenvalue weighted by molar-refractivity contribution is 9.10. The minimum Gasteiger partial charge on any atom is -0.389 e. The number of aliphatic hydroxyl groups is 1. The molecule has 1 aromatic carbocycles. The van der Waals surface area contributed by atoms with Gasteiger partial charge in [-0.3, -0.25) is 0 Å². The van der Waals surface area contributed by atoms with Crippen molar-refractivity contribution in [2.45, 2.75) is 43.6 Å². The van der Waals surface area contributed by atoms with Gasteiger partial charge in [-0.05, 0) is 24.5 Å². The van der Waals surface area contributed by atoms with Gasteiger partial charge in [0, 0.05) is 43.1 Å². The van der Waals surface area contributed by atoms with Crippen molar-refractivity contribution in [2.75, 3.05) is 32.7 Å². The van der Waals surface area contributed by atoms with Crippen LogP contribution in [0.5, 0.6) is 0 Å². The summed E-state index contributed by atoms with van der Waals surface area (Å²) in [5.41, 5.74) is 0.720. The van der Waals surface area contributed by atoms with E-state index in [-0.39, 0.29) is 5.92 Å². The molecule has 22 heavy (non-hydrogen) atoms. The molecule has 2 N–H and O–H groups in total. The van der Waals surface area contributed by atoms with Gasteiger partial charge in [0.25, 0.3) is 0 Å². The monoisotopic (exact) mass is 366 g/mol. The standard InChI is InChI=1S/C18H27BrN2O/c19-17-7-3-2-6-15(17)16(14-21-12-10-20-11-13-21)18(22)8-4-1-5-9-18/h2-3,6-7,16,20,22H,1,4-5,8-14H2. The fraction of sp³-hybridized carbons (Fsp3) is 0.667. The van der Waals surface area contributed by atoms with Crippen LogP contribution in [0.25, 0.3) is 0 Å². The van der Waals surface area contributed by atoms with E-state index in [9.17, 15) is 5.11 Å². The highest BCUT2D eigenvalue weighted by Crippen LogP contribution is 2.42. The Labute approximate surface area is 142 Å². The number of nitrogens with one attached hydrogen (secondary N) is 1. The lowest BCUT2D eigenvalue weighted by Gasteiger charge is -2.43. The zero-order valence-electron chi connectivity index (χ0n) is 13.2. The molecule has 1 saturated heterocycles. The first-order valence-electron chi connectivity index (χ1n) is 8.59. The van der Waals surface area contributed by atoms with Crippen molar-refractivity contribution in [1.29, 1.82) is 0 Å². The second-order valence-electron chi connectivity index (χ2n) is 6.79. The highest BCUT2D eigenvalue weighted by atomic mass is 79.9. The van der Waals surface area contributed by atoms with Crippen LogP contribution >= 0.6 is 15.9 Å². The molecule has 2 aliphatic rings. The molecule has 0 radical (unpaired) electrons. The third kappa shape index (κ3) is 3.73. The molecule has 0 aromatic heterocycles. The summed E-state index contributed by atoms with van der Waals surface area (Å²) in [5.74, 6) is 0.196. The predicted molar refractivity (Wildman–Crippen MR) is 94.2 cm³/mol. The van der Waals surface area contributed by atoms with Crippen LogP contribution in [0.15, 0.2) is 28.7 Å². The number of nitrogens with zero attached hydrogens (tertiary/aromatic N) is 1. The number of benzene rings is 1. The molecule has 4 heteroatoms. The SMILES string of the molecule is OC1(C(CN2CCNCC2)c2ccccc2Br)CCCCC1. The Bertz CT molecular complexity index is 482. The van der Waals surface area contributed by atoms with E-state index < -0.39 is 5.60 Å². The zero-order chi connectivity index (χ0) is 15.4. The van der Waals surface area contributed by atoms with E-state index in [1.807, 2.05) is 0 Å². The van der Waals surface area contributed by atoms with E-state index in [2.05, 4.69) is 50.4 Å². The minimum atomic E-state index is -0.549. The van der Waals surface area contributed by atoms with Gasteiger partial charge in [-0.25, -0.2) is 0 Å². The van der Waals surface area contributed by atoms with Crippen molar-refractivity contribution in [3.8, 4) is 0 Å². The molecule has 1 unspecified atom stereocenters. The molecule has 1 saturated carbocycles. The summed E-state index contributed by atoms with van der Waals surface area (Å²) in [6.45, 7) is 5.23. The van der Waals surface area contributed by atoms with Gasteiger partial charge in [0.05, 0.1) is 5.60 Å². The van der Waals surface area contributed by atoms with Gasteiger partial charge >= 0.3 is 0 Å². The normalized spacial score (nSPS) is 24.1. The molecule has 3 rings (SSSR count). The Balaban J connectivity index is 1.85. The van der Waals surface area contributed by atoms with Crippen LogP contribution < -0.4 is 5.32 Å². The number of rotatable bonds is 4. The van der Waals surface area contributed by atoms with E-state index in [4.69, 9.17) is 0 Å². The molecular formula is C18H27BrN2O. The predicted octanol–water partition coefficient (Wildman–Crippen LogP) is 3.13. The van der Waals surface area contributed by atoms with Crippen molar-refractivity contribution in [2.24, 2.45) is 0 Å². The molecule has 1 heterocycles. The minimum absolute atomic E-state index is 0.196. The van der Waals surface area contributed by atoms with Gasteiger partial charge in [0.15, 0.2) is 0 Å². The topological polar surface area (TPSA) is 35.5 Å². The van der Waals surface area contributed by atoms with Crippen LogP contribution in [0, 0.1) is 0 Å². The summed E-state index contributed by atoms with van der Waals surface area (Å²) in [7, 11) is 0. The summed E-state index contributed by atoms with van der Waals surface area (Å²) in [5, 5.41) is 14.8. The van der Waals surface area contributed by atoms with Crippen molar-refractivity contribution in [3.63, 3.8) is 0 Å². The van der Waals surface area contributed by atoms with E-state index in [1.165, 1.54) is 12.0 Å². The maximum Gasteiger partial charge on any atom is 0.0728 e. The van der Waals surface area contributed by atoms with Gasteiger partial charge in [0.1, 0.15) is 0 Å². The van der Waals surface area contributed by atoms with Gasteiger partial charge in [-0.1, -0.05) is 53.4 Å². The zero-order valence-corrected chi connectivity index (χ0v) is 14.8. The van der Waals surface area contributed by atoms with E-state index in [1.54, 1.807) is 0 Å². The summed E-state index contributed by atoms with van der Waals surface area (Å²) in [6.07, 6.45) is 5.44. The smallest absolute Gasteiger partial charge is 0.0728 e. The van der Waals surface area contributed by atoms with Gasteiger partial charge in [0.2, 0.25) is 0 Å². The Morgan fingerprint density at radius 1 is 1.14 bits per heavy atom. The Morgan fingerprint density at radius 2 is 1.82 bits per heavy atom. The second-order valence-corrected chi connectivity index (χ2v) is 7.64. The fourth-order valence-corrected chi connectivity index (χ4v) is 4.54. The van der Waals surface area contributed by atoms with Gasteiger partial charge < -0.3 is 15.3 Å². The van der Waals surface area contributed by atoms with Crippen LogP contribution in [0.1, 0.15) is 43.6 Å². The first-order chi connectivity index (χ1) is 10.7. The van der Waals surface area contributed by atoms with E-state index in [0.29, 0.717) is 0 Å². The van der Waals surface area contributed by atoms with Crippen LogP contribution in [-0.2, 0) is 0 Å². The maximum atomic E-state index is 11.4. The number of halogens is 1. The third-order valence-electron chi connectivity index (χ3n) is 5.30. The van der Waals surface area contributed by atoms with Crippen LogP contribution in [0.2, 0.25) is 0 Å². The summed E-state index contributed by atoms with van der Waals surface area (Å²) >= 11 is 3.71. The molecule has 0 amide bonds. The molecule has 0 bridgehead atoms. The molecule has 1 atom stereocenters. The van der Waals surface area contributed by atoms with Gasteiger partial charge in [-0.2, -0.15) is 0 Å². The van der Waals surface area contributed by atoms with Crippen molar-refractivity contribution < 1.29 is 5.11 Å². The average molecular weight is 367 g/mol. The number of hydrogen-bond acceptors (Lipinski definition) is 3. The molecular weight excluding hydrogens is 340 g/mol. The quantitative estimate of drug-likeness (QED) is 0.858. The lowest BCUT2D eigenvalue weighted by atomic mass is 9.72. The molecule has 3 nitrogen and oxygen atoms in total. The number of piperazine rings is 1. The molecule has 2 fully saturated rings. The molecule has 0 spiro atoms. The van der Waals surface area contributed by atoms with Crippen molar-refractivity contribution >= 4 is 15.9 Å². The number of hydrogen-bond donors (Lipinski definition) is 2. The second kappa shape index (κ2) is 7.43. The van der Waals surface area contributed by atoms with E-state index >= 15 is 0 Å². The van der Waals surface area contributed by atoms with Crippen LogP contribution in [0.3, 0.4) is 0 Å². The van der Waals surface area contributed by atoms with Gasteiger partial charge in [-0.15, -0.1) is 0 Å². The summed E-state index contributed by atoms with van der Waals surface area (Å²) in [6, 6.07) is 8.44. The summed E-state index contributed by atoms with van der Waals surface area (Å²) < 4.78 is 1.13. The third-order valence-corrected chi connectivity index (χ3v) is 6.02. The molecule has 1 aliphatic carbocycles. The average Bonchev–Trinajstić information content (AvgIpc) is 2.55. The lowest BCUT2D eigenvalue weighted by Crippen LogP contribution is -2.49. The fourth-order valence-electron chi connectivity index (χ4n) is 3.98. The Hall–Kier alpha value is -0.420.